The molecular formula is C27H30N6O5. The maximum atomic E-state index is 11.8. The summed E-state index contributed by atoms with van der Waals surface area (Å²) in [6.07, 6.45) is 3.27. The highest BCUT2D eigenvalue weighted by atomic mass is 16.5. The van der Waals surface area contributed by atoms with Gasteiger partial charge in [-0.3, -0.25) is 4.79 Å². The third-order valence-electron chi connectivity index (χ3n) is 5.87. The largest absolute Gasteiger partial charge is 0.489 e. The second-order valence-corrected chi connectivity index (χ2v) is 8.53. The topological polar surface area (TPSA) is 132 Å². The van der Waals surface area contributed by atoms with Gasteiger partial charge in [0.2, 0.25) is 11.8 Å². The number of rotatable bonds is 10. The minimum absolute atomic E-state index is 0.0392. The zero-order valence-electron chi connectivity index (χ0n) is 21.6. The van der Waals surface area contributed by atoms with Crippen LogP contribution in [0, 0.1) is 11.3 Å². The summed E-state index contributed by atoms with van der Waals surface area (Å²) in [6, 6.07) is 13.0. The van der Waals surface area contributed by atoms with Crippen molar-refractivity contribution in [3.63, 3.8) is 0 Å². The molecule has 3 heterocycles. The van der Waals surface area contributed by atoms with Gasteiger partial charge in [-0.25, -0.2) is 9.97 Å². The van der Waals surface area contributed by atoms with Crippen molar-refractivity contribution in [2.75, 3.05) is 50.7 Å². The third-order valence-corrected chi connectivity index (χ3v) is 5.87. The van der Waals surface area contributed by atoms with Gasteiger partial charge >= 0.3 is 5.97 Å². The Morgan fingerprint density at radius 1 is 1.21 bits per heavy atom. The first-order valence-electron chi connectivity index (χ1n) is 12.3. The smallest absolute Gasteiger partial charge is 0.325 e. The molecular weight excluding hydrogens is 488 g/mol. The van der Waals surface area contributed by atoms with E-state index >= 15 is 0 Å². The number of nitriles is 1. The third kappa shape index (κ3) is 6.66. The van der Waals surface area contributed by atoms with Crippen LogP contribution in [0.4, 0.5) is 17.5 Å². The maximum absolute atomic E-state index is 11.8. The highest BCUT2D eigenvalue weighted by molar-refractivity contribution is 5.76. The van der Waals surface area contributed by atoms with Crippen LogP contribution in [-0.4, -0.2) is 67.5 Å². The van der Waals surface area contributed by atoms with Crippen LogP contribution in [0.25, 0.3) is 11.3 Å². The molecule has 0 saturated carbocycles. The van der Waals surface area contributed by atoms with Gasteiger partial charge in [-0.15, -0.1) is 0 Å². The number of hydrogen-bond donors (Lipinski definition) is 1. The molecule has 3 aromatic rings. The number of likely N-dealkylation sites (N-methyl/N-ethyl adjacent to an activating group) is 1. The number of benzene rings is 1. The van der Waals surface area contributed by atoms with Crippen molar-refractivity contribution in [3.05, 3.63) is 48.2 Å². The molecule has 1 fully saturated rings. The first kappa shape index (κ1) is 26.6. The van der Waals surface area contributed by atoms with E-state index < -0.39 is 0 Å². The number of esters is 1. The Balaban J connectivity index is 1.49. The molecule has 0 atom stereocenters. The average molecular weight is 519 g/mol. The van der Waals surface area contributed by atoms with Gasteiger partial charge in [0, 0.05) is 31.6 Å². The number of nitrogens with zero attached hydrogens (tertiary/aromatic N) is 5. The molecule has 11 heteroatoms. The van der Waals surface area contributed by atoms with E-state index in [4.69, 9.17) is 18.9 Å². The summed E-state index contributed by atoms with van der Waals surface area (Å²) in [6.45, 7) is 3.46. The number of hydrogen-bond acceptors (Lipinski definition) is 11. The fourth-order valence-corrected chi connectivity index (χ4v) is 3.98. The molecule has 0 amide bonds. The van der Waals surface area contributed by atoms with E-state index in [0.29, 0.717) is 60.2 Å². The fraction of sp³-hybridized carbons (Fsp3) is 0.370. The molecule has 1 aromatic carbocycles. The molecule has 1 aliphatic heterocycles. The highest BCUT2D eigenvalue weighted by Crippen LogP contribution is 2.30. The van der Waals surface area contributed by atoms with Crippen LogP contribution in [0.15, 0.2) is 42.6 Å². The van der Waals surface area contributed by atoms with E-state index in [1.807, 2.05) is 6.07 Å². The molecule has 198 valence electrons. The van der Waals surface area contributed by atoms with Gasteiger partial charge in [0.25, 0.3) is 0 Å². The van der Waals surface area contributed by atoms with Crippen LogP contribution in [-0.2, 0) is 14.3 Å². The molecule has 1 N–H and O–H groups in total. The summed E-state index contributed by atoms with van der Waals surface area (Å²) in [5.41, 5.74) is 2.46. The Hall–Kier alpha value is -4.43. The van der Waals surface area contributed by atoms with Crippen LogP contribution < -0.4 is 19.7 Å². The van der Waals surface area contributed by atoms with Crippen molar-refractivity contribution in [1.29, 1.82) is 5.26 Å². The van der Waals surface area contributed by atoms with Crippen LogP contribution in [0.1, 0.15) is 25.3 Å². The average Bonchev–Trinajstić information content (AvgIpc) is 2.94. The van der Waals surface area contributed by atoms with Gasteiger partial charge in [-0.2, -0.15) is 10.2 Å². The van der Waals surface area contributed by atoms with Gasteiger partial charge in [0.15, 0.2) is 0 Å². The second-order valence-electron chi connectivity index (χ2n) is 8.53. The highest BCUT2D eigenvalue weighted by Gasteiger charge is 2.18. The number of pyridine rings is 1. The van der Waals surface area contributed by atoms with Gasteiger partial charge in [0.1, 0.15) is 36.0 Å². The zero-order chi connectivity index (χ0) is 26.9. The molecule has 38 heavy (non-hydrogen) atoms. The number of carbonyl (C=O) groups is 1. The molecule has 1 aliphatic rings. The van der Waals surface area contributed by atoms with Crippen molar-refractivity contribution < 1.29 is 23.7 Å². The van der Waals surface area contributed by atoms with E-state index in [9.17, 15) is 10.1 Å². The Kier molecular flexibility index (Phi) is 8.89. The van der Waals surface area contributed by atoms with Gasteiger partial charge in [-0.1, -0.05) is 0 Å². The fourth-order valence-electron chi connectivity index (χ4n) is 3.98. The lowest BCUT2D eigenvalue weighted by Crippen LogP contribution is -2.27. The van der Waals surface area contributed by atoms with Crippen molar-refractivity contribution in [2.45, 2.75) is 25.9 Å². The Morgan fingerprint density at radius 2 is 2.03 bits per heavy atom. The lowest BCUT2D eigenvalue weighted by atomic mass is 10.1. The van der Waals surface area contributed by atoms with E-state index in [1.165, 1.54) is 7.11 Å². The number of carbonyl (C=O) groups excluding carboxylic acids is 1. The summed E-state index contributed by atoms with van der Waals surface area (Å²) >= 11 is 0. The van der Waals surface area contributed by atoms with Gasteiger partial charge in [-0.05, 0) is 43.3 Å². The van der Waals surface area contributed by atoms with Gasteiger partial charge < -0.3 is 29.2 Å². The Bertz CT molecular complexity index is 1310. The van der Waals surface area contributed by atoms with Crippen LogP contribution in [0.3, 0.4) is 0 Å². The Morgan fingerprint density at radius 3 is 2.76 bits per heavy atom. The molecule has 0 unspecified atom stereocenters. The summed E-state index contributed by atoms with van der Waals surface area (Å²) in [5, 5.41) is 12.8. The maximum Gasteiger partial charge on any atom is 0.325 e. The predicted molar refractivity (Wildman–Crippen MR) is 141 cm³/mol. The van der Waals surface area contributed by atoms with Crippen molar-refractivity contribution >= 4 is 23.4 Å². The predicted octanol–water partition coefficient (Wildman–Crippen LogP) is 3.72. The normalized spacial score (nSPS) is 13.3. The molecule has 0 aliphatic carbocycles. The lowest BCUT2D eigenvalue weighted by Gasteiger charge is -2.23. The summed E-state index contributed by atoms with van der Waals surface area (Å²) in [5.74, 6) is 1.33. The first-order valence-corrected chi connectivity index (χ1v) is 12.3. The number of ether oxygens (including phenoxy) is 4. The molecule has 11 nitrogen and oxygen atoms in total. The number of methoxy groups -OCH3 is 1. The summed E-state index contributed by atoms with van der Waals surface area (Å²) in [7, 11) is 3.26. The summed E-state index contributed by atoms with van der Waals surface area (Å²) in [4.78, 5) is 26.9. The van der Waals surface area contributed by atoms with Gasteiger partial charge in [0.05, 0.1) is 38.2 Å². The zero-order valence-corrected chi connectivity index (χ0v) is 21.6. The SMILES string of the molecule is CCOC(=O)CN(C)c1ccc(Nc2nccc(-c3ccc(OC4CCOCC4)c(C#N)c3)n2)nc1OC. The second kappa shape index (κ2) is 12.7. The standard InChI is InChI=1S/C27H30N6O5/c1-4-37-25(34)17-33(2)22-6-8-24(31-26(22)35-3)32-27-29-12-9-21(30-27)18-5-7-23(19(15-18)16-28)38-20-10-13-36-14-11-20/h5-9,12,15,20H,4,10-11,13-14,17H2,1-3H3,(H,29,30,31,32). The molecule has 0 spiro atoms. The number of aromatic nitrogens is 3. The van der Waals surface area contributed by atoms with Crippen LogP contribution in [0.2, 0.25) is 0 Å². The van der Waals surface area contributed by atoms with Crippen LogP contribution in [0.5, 0.6) is 11.6 Å². The van der Waals surface area contributed by atoms with E-state index in [0.717, 1.165) is 18.4 Å². The minimum Gasteiger partial charge on any atom is -0.489 e. The quantitative estimate of drug-likeness (QED) is 0.394. The van der Waals surface area contributed by atoms with E-state index in [-0.39, 0.29) is 18.6 Å². The number of nitrogens with one attached hydrogen (secondary N) is 1. The first-order chi connectivity index (χ1) is 18.5. The molecule has 0 bridgehead atoms. The molecule has 2 aromatic heterocycles. The van der Waals surface area contributed by atoms with Crippen molar-refractivity contribution in [3.8, 4) is 29.0 Å². The van der Waals surface area contributed by atoms with E-state index in [2.05, 4.69) is 26.3 Å². The minimum atomic E-state index is -0.341. The number of anilines is 3. The van der Waals surface area contributed by atoms with Crippen LogP contribution >= 0.6 is 0 Å². The molecule has 0 radical (unpaired) electrons. The van der Waals surface area contributed by atoms with Crippen molar-refractivity contribution in [1.82, 2.24) is 15.0 Å². The molecule has 1 saturated heterocycles. The lowest BCUT2D eigenvalue weighted by molar-refractivity contribution is -0.141. The van der Waals surface area contributed by atoms with Crippen molar-refractivity contribution in [2.24, 2.45) is 0 Å². The monoisotopic (exact) mass is 518 g/mol. The Labute approximate surface area is 221 Å². The summed E-state index contributed by atoms with van der Waals surface area (Å²) < 4.78 is 21.9. The van der Waals surface area contributed by atoms with E-state index in [1.54, 1.807) is 55.4 Å². The molecule has 4 rings (SSSR count).